The molecule has 1 aromatic carbocycles. The zero-order chi connectivity index (χ0) is 20.3. The number of hydrogen-bond donors (Lipinski definition) is 2. The molecule has 0 bridgehead atoms. The van der Waals surface area contributed by atoms with Gasteiger partial charge in [0.1, 0.15) is 11.1 Å². The van der Waals surface area contributed by atoms with E-state index in [1.54, 1.807) is 12.4 Å². The quantitative estimate of drug-likeness (QED) is 0.664. The van der Waals surface area contributed by atoms with Crippen LogP contribution in [0.2, 0.25) is 0 Å². The third kappa shape index (κ3) is 4.06. The highest BCUT2D eigenvalue weighted by atomic mass is 16.5. The van der Waals surface area contributed by atoms with Gasteiger partial charge in [0.2, 0.25) is 0 Å². The molecule has 0 unspecified atom stereocenters. The fraction of sp³-hybridized carbons (Fsp3) is 0.318. The first kappa shape index (κ1) is 19.3. The number of carbonyl (C=O) groups is 1. The fourth-order valence-corrected chi connectivity index (χ4v) is 3.98. The molecule has 1 aliphatic heterocycles. The molecular weight excluding hydrogens is 370 g/mol. The molecule has 2 aromatic heterocycles. The summed E-state index contributed by atoms with van der Waals surface area (Å²) in [6, 6.07) is 15.0. The highest BCUT2D eigenvalue weighted by molar-refractivity contribution is 5.76. The Morgan fingerprint density at radius 3 is 2.79 bits per heavy atom. The number of rotatable bonds is 6. The molecule has 29 heavy (non-hydrogen) atoms. The molecule has 0 saturated carbocycles. The van der Waals surface area contributed by atoms with Gasteiger partial charge in [0, 0.05) is 37.1 Å². The Labute approximate surface area is 168 Å². The van der Waals surface area contributed by atoms with Crippen molar-refractivity contribution < 1.29 is 19.5 Å². The third-order valence-corrected chi connectivity index (χ3v) is 5.55. The van der Waals surface area contributed by atoms with E-state index in [1.807, 2.05) is 53.4 Å². The lowest BCUT2D eigenvalue weighted by molar-refractivity contribution is -0.163. The number of carboxylic acids is 1. The number of aliphatic hydroxyl groups is 1. The second-order valence-electron chi connectivity index (χ2n) is 7.56. The molecule has 7 heteroatoms. The topological polar surface area (TPSA) is 99.7 Å². The van der Waals surface area contributed by atoms with E-state index in [0.29, 0.717) is 31.0 Å². The lowest BCUT2D eigenvalue weighted by Crippen LogP contribution is -2.56. The first-order valence-corrected chi connectivity index (χ1v) is 9.60. The molecule has 1 aliphatic rings. The van der Waals surface area contributed by atoms with Gasteiger partial charge >= 0.3 is 5.97 Å². The summed E-state index contributed by atoms with van der Waals surface area (Å²) in [5, 5.41) is 24.8. The molecule has 2 N–H and O–H groups in total. The van der Waals surface area contributed by atoms with Crippen molar-refractivity contribution in [1.29, 1.82) is 0 Å². The summed E-state index contributed by atoms with van der Waals surface area (Å²) >= 11 is 0. The number of carboxylic acid groups (broad SMARTS) is 1. The van der Waals surface area contributed by atoms with Gasteiger partial charge in [-0.3, -0.25) is 14.7 Å². The van der Waals surface area contributed by atoms with Crippen molar-refractivity contribution in [1.82, 2.24) is 15.0 Å². The highest BCUT2D eigenvalue weighted by Gasteiger charge is 2.49. The lowest BCUT2D eigenvalue weighted by Gasteiger charge is -2.43. The number of aliphatic carboxylic acids is 1. The number of pyridine rings is 1. The first-order valence-electron chi connectivity index (χ1n) is 9.60. The predicted molar refractivity (Wildman–Crippen MR) is 106 cm³/mol. The van der Waals surface area contributed by atoms with Gasteiger partial charge in [-0.15, -0.1) is 0 Å². The molecule has 3 aromatic rings. The van der Waals surface area contributed by atoms with Crippen molar-refractivity contribution >= 4 is 5.97 Å². The smallest absolute Gasteiger partial charge is 0.313 e. The molecule has 0 spiro atoms. The van der Waals surface area contributed by atoms with Crippen LogP contribution in [0.4, 0.5) is 0 Å². The molecule has 150 valence electrons. The van der Waals surface area contributed by atoms with Crippen LogP contribution in [0, 0.1) is 5.41 Å². The van der Waals surface area contributed by atoms with Crippen LogP contribution >= 0.6 is 0 Å². The minimum Gasteiger partial charge on any atom is -0.481 e. The van der Waals surface area contributed by atoms with Gasteiger partial charge in [-0.05, 0) is 30.5 Å². The van der Waals surface area contributed by atoms with Gasteiger partial charge < -0.3 is 14.7 Å². The summed E-state index contributed by atoms with van der Waals surface area (Å²) in [5.74, 6) is -0.327. The maximum atomic E-state index is 12.2. The van der Waals surface area contributed by atoms with E-state index < -0.39 is 17.5 Å². The molecule has 0 radical (unpaired) electrons. The molecule has 4 rings (SSSR count). The molecule has 0 aliphatic carbocycles. The van der Waals surface area contributed by atoms with Crippen molar-refractivity contribution in [2.75, 3.05) is 13.1 Å². The van der Waals surface area contributed by atoms with Crippen LogP contribution in [0.25, 0.3) is 11.3 Å². The number of aliphatic hydroxyl groups excluding tert-OH is 1. The van der Waals surface area contributed by atoms with Crippen LogP contribution in [0.3, 0.4) is 0 Å². The van der Waals surface area contributed by atoms with Crippen LogP contribution < -0.4 is 0 Å². The predicted octanol–water partition coefficient (Wildman–Crippen LogP) is 2.62. The van der Waals surface area contributed by atoms with Gasteiger partial charge in [-0.2, -0.15) is 0 Å². The molecule has 0 amide bonds. The Morgan fingerprint density at radius 1 is 1.24 bits per heavy atom. The van der Waals surface area contributed by atoms with Gasteiger partial charge in [0.05, 0.1) is 12.6 Å². The number of nitrogens with zero attached hydrogens (tertiary/aromatic N) is 3. The summed E-state index contributed by atoms with van der Waals surface area (Å²) in [6.07, 6.45) is 3.17. The van der Waals surface area contributed by atoms with E-state index in [9.17, 15) is 15.0 Å². The SMILES string of the molecule is O=C(O)[C@]1(Cc2ccccc2)CN(Cc2cc(-c3cccnc3)no2)CC[C@H]1O. The zero-order valence-corrected chi connectivity index (χ0v) is 15.9. The number of aromatic nitrogens is 2. The van der Waals surface area contributed by atoms with Crippen molar-refractivity contribution in [3.63, 3.8) is 0 Å². The minimum atomic E-state index is -1.26. The fourth-order valence-electron chi connectivity index (χ4n) is 3.98. The summed E-state index contributed by atoms with van der Waals surface area (Å²) in [5.41, 5.74) is 1.19. The molecule has 1 fully saturated rings. The average molecular weight is 393 g/mol. The van der Waals surface area contributed by atoms with Crippen molar-refractivity contribution in [3.8, 4) is 11.3 Å². The van der Waals surface area contributed by atoms with E-state index in [2.05, 4.69) is 10.1 Å². The number of hydrogen-bond acceptors (Lipinski definition) is 6. The van der Waals surface area contributed by atoms with Gasteiger partial charge in [0.25, 0.3) is 0 Å². The summed E-state index contributed by atoms with van der Waals surface area (Å²) in [7, 11) is 0. The number of piperidine rings is 1. The Morgan fingerprint density at radius 2 is 2.07 bits per heavy atom. The van der Waals surface area contributed by atoms with Gasteiger partial charge in [0.15, 0.2) is 5.76 Å². The van der Waals surface area contributed by atoms with E-state index in [1.165, 1.54) is 0 Å². The Bertz CT molecular complexity index is 960. The largest absolute Gasteiger partial charge is 0.481 e. The summed E-state index contributed by atoms with van der Waals surface area (Å²) < 4.78 is 5.47. The lowest BCUT2D eigenvalue weighted by atomic mass is 9.73. The Hall–Kier alpha value is -3.03. The Kier molecular flexibility index (Phi) is 5.42. The van der Waals surface area contributed by atoms with E-state index in [-0.39, 0.29) is 13.0 Å². The molecule has 3 heterocycles. The van der Waals surface area contributed by atoms with Gasteiger partial charge in [-0.1, -0.05) is 35.5 Å². The van der Waals surface area contributed by atoms with E-state index in [0.717, 1.165) is 11.1 Å². The standard InChI is InChI=1S/C22H23N3O4/c26-20-8-10-25(14-18-11-19(24-29-18)17-7-4-9-23-13-17)15-22(20,21(27)28)12-16-5-2-1-3-6-16/h1-7,9,11,13,20,26H,8,10,12,14-15H2,(H,27,28)/t20-,22-/m1/s1. The molecule has 2 atom stereocenters. The maximum Gasteiger partial charge on any atom is 0.313 e. The van der Waals surface area contributed by atoms with E-state index >= 15 is 0 Å². The highest BCUT2D eigenvalue weighted by Crippen LogP contribution is 2.35. The van der Waals surface area contributed by atoms with Crippen molar-refractivity contribution in [2.24, 2.45) is 5.41 Å². The van der Waals surface area contributed by atoms with Crippen LogP contribution in [0.1, 0.15) is 17.7 Å². The number of likely N-dealkylation sites (tertiary alicyclic amines) is 1. The first-order chi connectivity index (χ1) is 14.1. The van der Waals surface area contributed by atoms with Crippen LogP contribution in [0.5, 0.6) is 0 Å². The van der Waals surface area contributed by atoms with Crippen LogP contribution in [-0.4, -0.2) is 50.4 Å². The molecular formula is C22H23N3O4. The van der Waals surface area contributed by atoms with Gasteiger partial charge in [-0.25, -0.2) is 0 Å². The second-order valence-corrected chi connectivity index (χ2v) is 7.56. The van der Waals surface area contributed by atoms with Crippen molar-refractivity contribution in [3.05, 3.63) is 72.2 Å². The molecule has 7 nitrogen and oxygen atoms in total. The Balaban J connectivity index is 1.52. The zero-order valence-electron chi connectivity index (χ0n) is 15.9. The summed E-state index contributed by atoms with van der Waals surface area (Å²) in [4.78, 5) is 18.3. The summed E-state index contributed by atoms with van der Waals surface area (Å²) in [6.45, 7) is 1.26. The van der Waals surface area contributed by atoms with Crippen molar-refractivity contribution in [2.45, 2.75) is 25.5 Å². The third-order valence-electron chi connectivity index (χ3n) is 5.55. The monoisotopic (exact) mass is 393 g/mol. The molecule has 1 saturated heterocycles. The van der Waals surface area contributed by atoms with Crippen LogP contribution in [0.15, 0.2) is 65.4 Å². The maximum absolute atomic E-state index is 12.2. The normalized spacial score (nSPS) is 22.4. The minimum absolute atomic E-state index is 0.237. The number of benzene rings is 1. The van der Waals surface area contributed by atoms with Crippen LogP contribution in [-0.2, 0) is 17.8 Å². The average Bonchev–Trinajstić information content (AvgIpc) is 3.20. The second kappa shape index (κ2) is 8.14. The van der Waals surface area contributed by atoms with E-state index in [4.69, 9.17) is 4.52 Å².